The summed E-state index contributed by atoms with van der Waals surface area (Å²) in [5.74, 6) is 0.865. The molecule has 1 nitrogen and oxygen atoms in total. The predicted molar refractivity (Wildman–Crippen MR) is 54.7 cm³/mol. The van der Waals surface area contributed by atoms with E-state index in [1.54, 1.807) is 0 Å². The molecule has 1 heterocycles. The van der Waals surface area contributed by atoms with Crippen LogP contribution in [0.3, 0.4) is 0 Å². The molecule has 1 aromatic rings. The summed E-state index contributed by atoms with van der Waals surface area (Å²) in [5, 5.41) is 0. The molecule has 0 amide bonds. The highest BCUT2D eigenvalue weighted by molar-refractivity contribution is 5.24. The average molecular weight is 193 g/mol. The minimum Gasteiger partial charge on any atom is -0.225 e. The molecule has 14 heavy (non-hydrogen) atoms. The maximum atomic E-state index is 13.0. The minimum atomic E-state index is -0.343. The van der Waals surface area contributed by atoms with Gasteiger partial charge in [0, 0.05) is 5.69 Å². The fourth-order valence-electron chi connectivity index (χ4n) is 1.77. The molecule has 1 saturated carbocycles. The summed E-state index contributed by atoms with van der Waals surface area (Å²) >= 11 is 0. The molecule has 76 valence electrons. The van der Waals surface area contributed by atoms with Gasteiger partial charge in [0.25, 0.3) is 0 Å². The first-order valence-corrected chi connectivity index (χ1v) is 5.32. The number of pyridine rings is 1. The molecule has 0 spiro atoms. The van der Waals surface area contributed by atoms with Crippen LogP contribution in [0, 0.1) is 11.9 Å². The molecule has 1 fully saturated rings. The topological polar surface area (TPSA) is 12.9 Å². The zero-order valence-corrected chi connectivity index (χ0v) is 8.76. The second-order valence-electron chi connectivity index (χ2n) is 4.47. The van der Waals surface area contributed by atoms with Crippen LogP contribution < -0.4 is 0 Å². The van der Waals surface area contributed by atoms with E-state index in [1.165, 1.54) is 24.5 Å². The Labute approximate surface area is 84.4 Å². The molecule has 0 unspecified atom stereocenters. The summed E-state index contributed by atoms with van der Waals surface area (Å²) in [5.41, 5.74) is 2.18. The average Bonchev–Trinajstić information content (AvgIpc) is 2.87. The largest absolute Gasteiger partial charge is 0.225 e. The molecule has 0 saturated heterocycles. The van der Waals surface area contributed by atoms with Crippen LogP contribution >= 0.6 is 0 Å². The van der Waals surface area contributed by atoms with Crippen LogP contribution in [0.15, 0.2) is 12.1 Å². The number of halogens is 1. The van der Waals surface area contributed by atoms with Crippen molar-refractivity contribution >= 4 is 0 Å². The van der Waals surface area contributed by atoms with Gasteiger partial charge in [-0.25, -0.2) is 4.98 Å². The SMILES string of the molecule is CC(C)c1ccc(F)nc1CC1CC1. The summed E-state index contributed by atoms with van der Waals surface area (Å²) in [6.07, 6.45) is 3.54. The normalized spacial score (nSPS) is 16.3. The highest BCUT2D eigenvalue weighted by Crippen LogP contribution is 2.34. The van der Waals surface area contributed by atoms with Gasteiger partial charge in [-0.2, -0.15) is 4.39 Å². The van der Waals surface area contributed by atoms with Gasteiger partial charge in [-0.3, -0.25) is 0 Å². The molecule has 0 radical (unpaired) electrons. The van der Waals surface area contributed by atoms with Crippen LogP contribution in [0.2, 0.25) is 0 Å². The van der Waals surface area contributed by atoms with Crippen molar-refractivity contribution < 1.29 is 4.39 Å². The molecule has 0 atom stereocenters. The Balaban J connectivity index is 2.27. The van der Waals surface area contributed by atoms with Crippen molar-refractivity contribution in [1.82, 2.24) is 4.98 Å². The van der Waals surface area contributed by atoms with Gasteiger partial charge in [0.05, 0.1) is 0 Å². The van der Waals surface area contributed by atoms with Crippen molar-refractivity contribution in [2.45, 2.75) is 39.0 Å². The zero-order valence-electron chi connectivity index (χ0n) is 8.76. The zero-order chi connectivity index (χ0) is 10.1. The Morgan fingerprint density at radius 2 is 2.14 bits per heavy atom. The van der Waals surface area contributed by atoms with E-state index in [9.17, 15) is 4.39 Å². The van der Waals surface area contributed by atoms with E-state index in [2.05, 4.69) is 18.8 Å². The number of hydrogen-bond donors (Lipinski definition) is 0. The number of rotatable bonds is 3. The smallest absolute Gasteiger partial charge is 0.213 e. The molecular weight excluding hydrogens is 177 g/mol. The number of hydrogen-bond acceptors (Lipinski definition) is 1. The van der Waals surface area contributed by atoms with Crippen LogP contribution in [-0.2, 0) is 6.42 Å². The van der Waals surface area contributed by atoms with Crippen LogP contribution in [-0.4, -0.2) is 4.98 Å². The molecule has 0 aromatic carbocycles. The van der Waals surface area contributed by atoms with E-state index in [0.717, 1.165) is 18.0 Å². The Morgan fingerprint density at radius 3 is 2.71 bits per heavy atom. The Hall–Kier alpha value is -0.920. The van der Waals surface area contributed by atoms with E-state index in [0.29, 0.717) is 5.92 Å². The molecule has 1 aliphatic rings. The van der Waals surface area contributed by atoms with E-state index < -0.39 is 0 Å². The minimum absolute atomic E-state index is 0.343. The van der Waals surface area contributed by atoms with Gasteiger partial charge in [0.15, 0.2) is 0 Å². The molecule has 0 bridgehead atoms. The lowest BCUT2D eigenvalue weighted by molar-refractivity contribution is 0.569. The van der Waals surface area contributed by atoms with Crippen molar-refractivity contribution in [3.05, 3.63) is 29.3 Å². The fourth-order valence-corrected chi connectivity index (χ4v) is 1.77. The maximum Gasteiger partial charge on any atom is 0.213 e. The molecule has 0 aliphatic heterocycles. The first-order valence-electron chi connectivity index (χ1n) is 5.32. The monoisotopic (exact) mass is 193 g/mol. The number of nitrogens with zero attached hydrogens (tertiary/aromatic N) is 1. The van der Waals surface area contributed by atoms with Gasteiger partial charge < -0.3 is 0 Å². The molecule has 0 N–H and O–H groups in total. The maximum absolute atomic E-state index is 13.0. The first kappa shape index (κ1) is 9.63. The van der Waals surface area contributed by atoms with Crippen LogP contribution in [0.4, 0.5) is 4.39 Å². The summed E-state index contributed by atoms with van der Waals surface area (Å²) in [6, 6.07) is 3.34. The summed E-state index contributed by atoms with van der Waals surface area (Å²) in [7, 11) is 0. The highest BCUT2D eigenvalue weighted by atomic mass is 19.1. The van der Waals surface area contributed by atoms with Crippen molar-refractivity contribution in [1.29, 1.82) is 0 Å². The Bertz CT molecular complexity index is 329. The van der Waals surface area contributed by atoms with Crippen molar-refractivity contribution in [2.75, 3.05) is 0 Å². The van der Waals surface area contributed by atoms with E-state index in [1.807, 2.05) is 6.07 Å². The standard InChI is InChI=1S/C12H16FN/c1-8(2)10-5-6-12(13)14-11(10)7-9-3-4-9/h5-6,8-9H,3-4,7H2,1-2H3. The quantitative estimate of drug-likeness (QED) is 0.671. The van der Waals surface area contributed by atoms with Crippen molar-refractivity contribution in [3.8, 4) is 0 Å². The summed E-state index contributed by atoms with van der Waals surface area (Å²) < 4.78 is 13.0. The molecule has 2 rings (SSSR count). The van der Waals surface area contributed by atoms with Gasteiger partial charge in [-0.15, -0.1) is 0 Å². The van der Waals surface area contributed by atoms with Gasteiger partial charge in [0.2, 0.25) is 5.95 Å². The summed E-state index contributed by atoms with van der Waals surface area (Å²) in [4.78, 5) is 4.01. The molecule has 1 aliphatic carbocycles. The number of aromatic nitrogens is 1. The van der Waals surface area contributed by atoms with Crippen LogP contribution in [0.1, 0.15) is 43.9 Å². The van der Waals surface area contributed by atoms with Gasteiger partial charge >= 0.3 is 0 Å². The van der Waals surface area contributed by atoms with E-state index in [4.69, 9.17) is 0 Å². The third kappa shape index (κ3) is 2.11. The lowest BCUT2D eigenvalue weighted by Gasteiger charge is -2.11. The second kappa shape index (κ2) is 3.68. The Morgan fingerprint density at radius 1 is 1.43 bits per heavy atom. The molecule has 1 aromatic heterocycles. The van der Waals surface area contributed by atoms with E-state index >= 15 is 0 Å². The lowest BCUT2D eigenvalue weighted by atomic mass is 9.99. The van der Waals surface area contributed by atoms with E-state index in [-0.39, 0.29) is 5.95 Å². The van der Waals surface area contributed by atoms with Crippen LogP contribution in [0.25, 0.3) is 0 Å². The van der Waals surface area contributed by atoms with Gasteiger partial charge in [0.1, 0.15) is 0 Å². The lowest BCUT2D eigenvalue weighted by Crippen LogP contribution is -2.02. The molecular formula is C12H16FN. The van der Waals surface area contributed by atoms with Crippen molar-refractivity contribution in [2.24, 2.45) is 5.92 Å². The fraction of sp³-hybridized carbons (Fsp3) is 0.583. The first-order chi connectivity index (χ1) is 6.66. The summed E-state index contributed by atoms with van der Waals surface area (Å²) in [6.45, 7) is 4.26. The highest BCUT2D eigenvalue weighted by Gasteiger charge is 2.24. The van der Waals surface area contributed by atoms with Gasteiger partial charge in [-0.1, -0.05) is 19.9 Å². The second-order valence-corrected chi connectivity index (χ2v) is 4.47. The third-order valence-corrected chi connectivity index (χ3v) is 2.78. The predicted octanol–water partition coefficient (Wildman–Crippen LogP) is 3.30. The van der Waals surface area contributed by atoms with Crippen molar-refractivity contribution in [3.63, 3.8) is 0 Å². The van der Waals surface area contributed by atoms with Crippen LogP contribution in [0.5, 0.6) is 0 Å². The molecule has 2 heteroatoms. The Kier molecular flexibility index (Phi) is 2.53. The van der Waals surface area contributed by atoms with Gasteiger partial charge in [-0.05, 0) is 42.7 Å². The third-order valence-electron chi connectivity index (χ3n) is 2.78.